The van der Waals surface area contributed by atoms with Gasteiger partial charge in [-0.25, -0.2) is 9.23 Å². The molecule has 1 N–H and O–H groups in total. The first-order valence-corrected chi connectivity index (χ1v) is 6.33. The largest absolute Gasteiger partial charge is 0.234 e. The lowest BCUT2D eigenvalue weighted by Gasteiger charge is -2.17. The topological polar surface area (TPSA) is 12.0 Å². The Balaban J connectivity index is 2.31. The summed E-state index contributed by atoms with van der Waals surface area (Å²) in [6, 6.07) is 16.8. The molecule has 0 saturated carbocycles. The van der Waals surface area contributed by atoms with Crippen molar-refractivity contribution in [2.24, 2.45) is 0 Å². The van der Waals surface area contributed by atoms with Crippen LogP contribution >= 0.6 is 11.8 Å². The SMILES string of the molecule is Fc1cccc(C(CCNCl)c2ccccc2)c1. The Bertz CT molecular complexity index is 487. The summed E-state index contributed by atoms with van der Waals surface area (Å²) in [5.74, 6) is -0.0413. The van der Waals surface area contributed by atoms with E-state index in [0.29, 0.717) is 6.54 Å². The molecule has 2 aromatic carbocycles. The molecule has 94 valence electrons. The van der Waals surface area contributed by atoms with Gasteiger partial charge in [0, 0.05) is 12.5 Å². The van der Waals surface area contributed by atoms with Crippen LogP contribution in [0.2, 0.25) is 0 Å². The average molecular weight is 264 g/mol. The molecule has 2 rings (SSSR count). The van der Waals surface area contributed by atoms with Gasteiger partial charge in [-0.05, 0) is 41.5 Å². The Morgan fingerprint density at radius 1 is 1.00 bits per heavy atom. The highest BCUT2D eigenvalue weighted by Gasteiger charge is 2.13. The van der Waals surface area contributed by atoms with Crippen LogP contribution in [0.5, 0.6) is 0 Å². The molecule has 0 spiro atoms. The van der Waals surface area contributed by atoms with Crippen LogP contribution in [-0.4, -0.2) is 6.54 Å². The molecule has 0 aliphatic heterocycles. The molecular formula is C15H15ClFN. The molecule has 0 fully saturated rings. The van der Waals surface area contributed by atoms with Crippen LogP contribution in [0.3, 0.4) is 0 Å². The smallest absolute Gasteiger partial charge is 0.123 e. The summed E-state index contributed by atoms with van der Waals surface area (Å²) in [6.45, 7) is 0.678. The third kappa shape index (κ3) is 3.31. The Morgan fingerprint density at radius 3 is 2.39 bits per heavy atom. The first-order chi connectivity index (χ1) is 8.81. The average Bonchev–Trinajstić information content (AvgIpc) is 2.40. The molecule has 18 heavy (non-hydrogen) atoms. The third-order valence-electron chi connectivity index (χ3n) is 2.98. The van der Waals surface area contributed by atoms with Gasteiger partial charge in [0.1, 0.15) is 5.82 Å². The van der Waals surface area contributed by atoms with Gasteiger partial charge in [0.25, 0.3) is 0 Å². The van der Waals surface area contributed by atoms with Crippen molar-refractivity contribution in [1.82, 2.24) is 4.84 Å². The zero-order valence-corrected chi connectivity index (χ0v) is 10.7. The number of benzene rings is 2. The van der Waals surface area contributed by atoms with E-state index in [9.17, 15) is 4.39 Å². The number of nitrogens with one attached hydrogen (secondary N) is 1. The minimum absolute atomic E-state index is 0.160. The molecule has 0 saturated heterocycles. The molecule has 0 aromatic heterocycles. The summed E-state index contributed by atoms with van der Waals surface area (Å²) in [6.07, 6.45) is 0.830. The maximum absolute atomic E-state index is 13.3. The lowest BCUT2D eigenvalue weighted by atomic mass is 9.88. The van der Waals surface area contributed by atoms with Gasteiger partial charge in [0.15, 0.2) is 0 Å². The zero-order valence-electron chi connectivity index (χ0n) is 9.94. The molecule has 0 amide bonds. The predicted octanol–water partition coefficient (Wildman–Crippen LogP) is 4.09. The van der Waals surface area contributed by atoms with E-state index in [1.54, 1.807) is 12.1 Å². The molecule has 1 nitrogen and oxygen atoms in total. The minimum atomic E-state index is -0.202. The van der Waals surface area contributed by atoms with Crippen LogP contribution in [0.15, 0.2) is 54.6 Å². The summed E-state index contributed by atoms with van der Waals surface area (Å²) in [4.78, 5) is 2.63. The number of hydrogen-bond donors (Lipinski definition) is 1. The zero-order chi connectivity index (χ0) is 12.8. The standard InChI is InChI=1S/C15H15ClFN/c16-18-10-9-15(12-5-2-1-3-6-12)13-7-4-8-14(17)11-13/h1-8,11,15,18H,9-10H2. The Morgan fingerprint density at radius 2 is 1.72 bits per heavy atom. The van der Waals surface area contributed by atoms with E-state index >= 15 is 0 Å². The van der Waals surface area contributed by atoms with Gasteiger partial charge in [-0.1, -0.05) is 42.5 Å². The first-order valence-electron chi connectivity index (χ1n) is 5.95. The van der Waals surface area contributed by atoms with E-state index in [1.807, 2.05) is 24.3 Å². The first kappa shape index (κ1) is 13.1. The number of rotatable bonds is 5. The quantitative estimate of drug-likeness (QED) is 0.801. The maximum atomic E-state index is 13.3. The highest BCUT2D eigenvalue weighted by atomic mass is 35.5. The number of halogens is 2. The van der Waals surface area contributed by atoms with Crippen molar-refractivity contribution in [2.75, 3.05) is 6.54 Å². The highest BCUT2D eigenvalue weighted by molar-refractivity contribution is 6.13. The highest BCUT2D eigenvalue weighted by Crippen LogP contribution is 2.27. The Labute approximate surface area is 112 Å². The van der Waals surface area contributed by atoms with Crippen molar-refractivity contribution < 1.29 is 4.39 Å². The van der Waals surface area contributed by atoms with Gasteiger partial charge in [-0.3, -0.25) is 0 Å². The summed E-state index contributed by atoms with van der Waals surface area (Å²) >= 11 is 5.53. The lowest BCUT2D eigenvalue weighted by Crippen LogP contribution is -2.09. The van der Waals surface area contributed by atoms with Crippen molar-refractivity contribution in [2.45, 2.75) is 12.3 Å². The van der Waals surface area contributed by atoms with Gasteiger partial charge < -0.3 is 0 Å². The molecular weight excluding hydrogens is 249 g/mol. The van der Waals surface area contributed by atoms with Gasteiger partial charge in [-0.2, -0.15) is 0 Å². The van der Waals surface area contributed by atoms with E-state index in [4.69, 9.17) is 11.8 Å². The summed E-state index contributed by atoms with van der Waals surface area (Å²) < 4.78 is 13.3. The molecule has 1 unspecified atom stereocenters. The van der Waals surface area contributed by atoms with Gasteiger partial charge in [-0.15, -0.1) is 0 Å². The molecule has 0 bridgehead atoms. The van der Waals surface area contributed by atoms with Crippen LogP contribution in [0.1, 0.15) is 23.5 Å². The molecule has 3 heteroatoms. The van der Waals surface area contributed by atoms with Crippen LogP contribution < -0.4 is 4.84 Å². The van der Waals surface area contributed by atoms with E-state index in [-0.39, 0.29) is 11.7 Å². The van der Waals surface area contributed by atoms with E-state index in [2.05, 4.69) is 17.0 Å². The van der Waals surface area contributed by atoms with E-state index < -0.39 is 0 Å². The summed E-state index contributed by atoms with van der Waals surface area (Å²) in [5.41, 5.74) is 2.16. The predicted molar refractivity (Wildman–Crippen MR) is 73.2 cm³/mol. The van der Waals surface area contributed by atoms with Crippen molar-refractivity contribution >= 4 is 11.8 Å². The molecule has 2 aromatic rings. The van der Waals surface area contributed by atoms with E-state index in [1.165, 1.54) is 11.6 Å². The van der Waals surface area contributed by atoms with Crippen molar-refractivity contribution in [1.29, 1.82) is 0 Å². The second kappa shape index (κ2) is 6.53. The second-order valence-corrected chi connectivity index (χ2v) is 4.46. The molecule has 0 radical (unpaired) electrons. The maximum Gasteiger partial charge on any atom is 0.123 e. The monoisotopic (exact) mass is 263 g/mol. The number of hydrogen-bond acceptors (Lipinski definition) is 1. The molecule has 0 aliphatic carbocycles. The van der Waals surface area contributed by atoms with Crippen molar-refractivity contribution in [3.8, 4) is 0 Å². The van der Waals surface area contributed by atoms with Crippen LogP contribution in [0, 0.1) is 5.82 Å². The van der Waals surface area contributed by atoms with Crippen LogP contribution in [-0.2, 0) is 0 Å². The van der Waals surface area contributed by atoms with Crippen molar-refractivity contribution in [3.05, 3.63) is 71.5 Å². The molecule has 1 atom stereocenters. The fourth-order valence-corrected chi connectivity index (χ4v) is 2.24. The van der Waals surface area contributed by atoms with Crippen LogP contribution in [0.4, 0.5) is 4.39 Å². The summed E-state index contributed by atoms with van der Waals surface area (Å²) in [7, 11) is 0. The molecule has 0 aliphatic rings. The molecule has 0 heterocycles. The lowest BCUT2D eigenvalue weighted by molar-refractivity contribution is 0.619. The van der Waals surface area contributed by atoms with Crippen molar-refractivity contribution in [3.63, 3.8) is 0 Å². The van der Waals surface area contributed by atoms with Gasteiger partial charge in [0.2, 0.25) is 0 Å². The fourth-order valence-electron chi connectivity index (χ4n) is 2.13. The fraction of sp³-hybridized carbons (Fsp3) is 0.200. The Hall–Kier alpha value is -1.38. The van der Waals surface area contributed by atoms with Gasteiger partial charge in [0.05, 0.1) is 0 Å². The second-order valence-electron chi connectivity index (χ2n) is 4.19. The summed E-state index contributed by atoms with van der Waals surface area (Å²) in [5, 5.41) is 0. The Kier molecular flexibility index (Phi) is 4.73. The normalized spacial score (nSPS) is 12.3. The van der Waals surface area contributed by atoms with E-state index in [0.717, 1.165) is 12.0 Å². The van der Waals surface area contributed by atoms with Crippen LogP contribution in [0.25, 0.3) is 0 Å². The minimum Gasteiger partial charge on any atom is -0.234 e. The van der Waals surface area contributed by atoms with Gasteiger partial charge >= 0.3 is 0 Å². The third-order valence-corrected chi connectivity index (χ3v) is 3.17.